The Morgan fingerprint density at radius 1 is 1.27 bits per heavy atom. The summed E-state index contributed by atoms with van der Waals surface area (Å²) in [6.45, 7) is 5.98. The molecule has 1 saturated heterocycles. The fourth-order valence-corrected chi connectivity index (χ4v) is 3.02. The summed E-state index contributed by atoms with van der Waals surface area (Å²) in [6.07, 6.45) is 5.06. The van der Waals surface area contributed by atoms with Crippen molar-refractivity contribution in [1.29, 1.82) is 0 Å². The Kier molecular flexibility index (Phi) is 4.70. The predicted molar refractivity (Wildman–Crippen MR) is 80.5 cm³/mol. The van der Waals surface area contributed by atoms with Gasteiger partial charge >= 0.3 is 5.95 Å². The third-order valence-electron chi connectivity index (χ3n) is 4.41. The number of hydrogen-bond acceptors (Lipinski definition) is 6. The molecule has 2 fully saturated rings. The highest BCUT2D eigenvalue weighted by Gasteiger charge is 2.27. The van der Waals surface area contributed by atoms with Gasteiger partial charge in [0.05, 0.1) is 12.6 Å². The molecular formula is C14H23N5O3. The predicted octanol–water partition coefficient (Wildman–Crippen LogP) is 0.180. The van der Waals surface area contributed by atoms with Crippen LogP contribution in [-0.2, 0) is 6.54 Å². The Morgan fingerprint density at radius 3 is 2.59 bits per heavy atom. The first-order valence-corrected chi connectivity index (χ1v) is 7.90. The summed E-state index contributed by atoms with van der Waals surface area (Å²) < 4.78 is 1.40. The maximum absolute atomic E-state index is 10.8. The van der Waals surface area contributed by atoms with Crippen LogP contribution in [0.15, 0.2) is 12.4 Å². The Balaban J connectivity index is 1.43. The van der Waals surface area contributed by atoms with Crippen LogP contribution >= 0.6 is 0 Å². The summed E-state index contributed by atoms with van der Waals surface area (Å²) >= 11 is 0. The molecule has 1 aromatic heterocycles. The summed E-state index contributed by atoms with van der Waals surface area (Å²) in [7, 11) is 0. The smallest absolute Gasteiger partial charge is 0.390 e. The molecule has 1 N–H and O–H groups in total. The van der Waals surface area contributed by atoms with Gasteiger partial charge in [0.25, 0.3) is 0 Å². The normalized spacial score (nSPS) is 21.9. The molecule has 1 atom stereocenters. The zero-order valence-electron chi connectivity index (χ0n) is 12.7. The lowest BCUT2D eigenvalue weighted by atomic mass is 10.2. The number of nitrogens with zero attached hydrogens (tertiary/aromatic N) is 5. The molecule has 1 unspecified atom stereocenters. The van der Waals surface area contributed by atoms with Crippen LogP contribution in [0.1, 0.15) is 12.8 Å². The largest absolute Gasteiger partial charge is 0.434 e. The lowest BCUT2D eigenvalue weighted by Crippen LogP contribution is -2.49. The standard InChI is InChI=1S/C14H23N5O3/c20-13(11-18-4-3-15-14(18)19(21)22)10-17-7-5-16(6-8-17)9-12-1-2-12/h3-4,12-13,20H,1-2,5-11H2. The number of β-amino-alcohol motifs (C(OH)–C–C–N with tert-alkyl or cyclic N) is 1. The van der Waals surface area contributed by atoms with E-state index in [1.54, 1.807) is 0 Å². The maximum Gasteiger partial charge on any atom is 0.434 e. The molecule has 2 heterocycles. The molecular weight excluding hydrogens is 286 g/mol. The van der Waals surface area contributed by atoms with E-state index in [-0.39, 0.29) is 12.5 Å². The lowest BCUT2D eigenvalue weighted by Gasteiger charge is -2.35. The van der Waals surface area contributed by atoms with Gasteiger partial charge < -0.3 is 20.1 Å². The van der Waals surface area contributed by atoms with Gasteiger partial charge in [-0.1, -0.05) is 4.98 Å². The topological polar surface area (TPSA) is 87.7 Å². The summed E-state index contributed by atoms with van der Waals surface area (Å²) in [5, 5.41) is 21.0. The number of hydrogen-bond donors (Lipinski definition) is 1. The van der Waals surface area contributed by atoms with Crippen molar-refractivity contribution in [3.05, 3.63) is 22.5 Å². The van der Waals surface area contributed by atoms with Crippen molar-refractivity contribution in [3.8, 4) is 0 Å². The number of imidazole rings is 1. The molecule has 3 rings (SSSR count). The molecule has 122 valence electrons. The quantitative estimate of drug-likeness (QED) is 0.571. The minimum absolute atomic E-state index is 0.207. The molecule has 8 nitrogen and oxygen atoms in total. The summed E-state index contributed by atoms with van der Waals surface area (Å²) in [5.41, 5.74) is 0. The number of piperazine rings is 1. The third-order valence-corrected chi connectivity index (χ3v) is 4.41. The molecule has 1 aliphatic heterocycles. The minimum Gasteiger partial charge on any atom is -0.390 e. The molecule has 2 aliphatic rings. The van der Waals surface area contributed by atoms with Gasteiger partial charge in [-0.05, 0) is 23.7 Å². The summed E-state index contributed by atoms with van der Waals surface area (Å²) in [6, 6.07) is 0. The van der Waals surface area contributed by atoms with E-state index in [1.165, 1.54) is 36.3 Å². The first kappa shape index (κ1) is 15.4. The Hall–Kier alpha value is -1.51. The van der Waals surface area contributed by atoms with Gasteiger partial charge in [0.1, 0.15) is 12.4 Å². The molecule has 0 aromatic carbocycles. The molecule has 8 heteroatoms. The van der Waals surface area contributed by atoms with E-state index in [0.29, 0.717) is 6.54 Å². The SMILES string of the molecule is O=[N+]([O-])c1nccn1CC(O)CN1CCN(CC2CC2)CC1. The summed E-state index contributed by atoms with van der Waals surface area (Å²) in [4.78, 5) is 18.7. The van der Waals surface area contributed by atoms with Crippen molar-refractivity contribution in [2.24, 2.45) is 5.92 Å². The monoisotopic (exact) mass is 309 g/mol. The van der Waals surface area contributed by atoms with E-state index in [0.717, 1.165) is 32.1 Å². The van der Waals surface area contributed by atoms with E-state index in [9.17, 15) is 15.2 Å². The van der Waals surface area contributed by atoms with Crippen LogP contribution in [0.4, 0.5) is 5.95 Å². The molecule has 1 aliphatic carbocycles. The van der Waals surface area contributed by atoms with E-state index < -0.39 is 11.0 Å². The molecule has 0 radical (unpaired) electrons. The first-order valence-electron chi connectivity index (χ1n) is 7.90. The Morgan fingerprint density at radius 2 is 1.95 bits per heavy atom. The Bertz CT molecular complexity index is 508. The van der Waals surface area contributed by atoms with Gasteiger partial charge in [0, 0.05) is 39.3 Å². The van der Waals surface area contributed by atoms with Crippen LogP contribution in [0.5, 0.6) is 0 Å². The highest BCUT2D eigenvalue weighted by Crippen LogP contribution is 2.29. The Labute approximate surface area is 129 Å². The van der Waals surface area contributed by atoms with E-state index in [4.69, 9.17) is 0 Å². The van der Waals surface area contributed by atoms with Gasteiger partial charge in [-0.15, -0.1) is 0 Å². The van der Waals surface area contributed by atoms with Crippen LogP contribution in [0.3, 0.4) is 0 Å². The van der Waals surface area contributed by atoms with Crippen molar-refractivity contribution < 1.29 is 10.0 Å². The van der Waals surface area contributed by atoms with Crippen LogP contribution in [0, 0.1) is 16.0 Å². The zero-order valence-corrected chi connectivity index (χ0v) is 12.7. The average molecular weight is 309 g/mol. The summed E-state index contributed by atoms with van der Waals surface area (Å²) in [5.74, 6) is 0.701. The van der Waals surface area contributed by atoms with Gasteiger partial charge in [0.2, 0.25) is 0 Å². The molecule has 0 amide bonds. The van der Waals surface area contributed by atoms with E-state index in [1.807, 2.05) is 0 Å². The van der Waals surface area contributed by atoms with Crippen molar-refractivity contribution in [2.75, 3.05) is 39.3 Å². The van der Waals surface area contributed by atoms with Crippen LogP contribution < -0.4 is 0 Å². The second-order valence-electron chi connectivity index (χ2n) is 6.34. The van der Waals surface area contributed by atoms with Crippen molar-refractivity contribution in [3.63, 3.8) is 0 Å². The number of rotatable bonds is 7. The maximum atomic E-state index is 10.8. The van der Waals surface area contributed by atoms with E-state index >= 15 is 0 Å². The first-order chi connectivity index (χ1) is 10.6. The lowest BCUT2D eigenvalue weighted by molar-refractivity contribution is -0.397. The van der Waals surface area contributed by atoms with E-state index in [2.05, 4.69) is 14.8 Å². The number of nitro groups is 1. The highest BCUT2D eigenvalue weighted by atomic mass is 16.6. The highest BCUT2D eigenvalue weighted by molar-refractivity contribution is 5.06. The van der Waals surface area contributed by atoms with Gasteiger partial charge in [-0.3, -0.25) is 4.90 Å². The van der Waals surface area contributed by atoms with Gasteiger partial charge in [-0.2, -0.15) is 0 Å². The molecule has 0 spiro atoms. The number of aromatic nitrogens is 2. The molecule has 22 heavy (non-hydrogen) atoms. The minimum atomic E-state index is -0.622. The van der Waals surface area contributed by atoms with Gasteiger partial charge in [-0.25, -0.2) is 4.57 Å². The van der Waals surface area contributed by atoms with Gasteiger partial charge in [0.15, 0.2) is 0 Å². The number of aliphatic hydroxyl groups is 1. The average Bonchev–Trinajstić information content (AvgIpc) is 3.17. The third kappa shape index (κ3) is 4.02. The van der Waals surface area contributed by atoms with Crippen LogP contribution in [-0.4, -0.2) is 74.8 Å². The number of aliphatic hydroxyl groups excluding tert-OH is 1. The fraction of sp³-hybridized carbons (Fsp3) is 0.786. The van der Waals surface area contributed by atoms with Crippen molar-refractivity contribution in [2.45, 2.75) is 25.5 Å². The van der Waals surface area contributed by atoms with Crippen molar-refractivity contribution >= 4 is 5.95 Å². The second-order valence-corrected chi connectivity index (χ2v) is 6.34. The molecule has 1 aromatic rings. The molecule has 1 saturated carbocycles. The van der Waals surface area contributed by atoms with Crippen molar-refractivity contribution in [1.82, 2.24) is 19.4 Å². The fourth-order valence-electron chi connectivity index (χ4n) is 3.02. The molecule has 0 bridgehead atoms. The van der Waals surface area contributed by atoms with Crippen LogP contribution in [0.2, 0.25) is 0 Å². The van der Waals surface area contributed by atoms with Crippen LogP contribution in [0.25, 0.3) is 0 Å². The second kappa shape index (κ2) is 6.72. The zero-order chi connectivity index (χ0) is 15.5.